The molecule has 0 saturated heterocycles. The third-order valence-electron chi connectivity index (χ3n) is 1.65. The zero-order valence-corrected chi connectivity index (χ0v) is 9.29. The quantitative estimate of drug-likeness (QED) is 0.708. The van der Waals surface area contributed by atoms with Gasteiger partial charge < -0.3 is 0 Å². The minimum Gasteiger partial charge on any atom is -0.261 e. The Bertz CT molecular complexity index is 317. The molecule has 74 valence electrons. The molecule has 1 rings (SSSR count). The Kier molecular flexibility index (Phi) is 5.00. The van der Waals surface area contributed by atoms with Gasteiger partial charge in [0.1, 0.15) is 0 Å². The largest absolute Gasteiger partial charge is 0.261 e. The van der Waals surface area contributed by atoms with Gasteiger partial charge in [-0.1, -0.05) is 19.1 Å². The van der Waals surface area contributed by atoms with Crippen LogP contribution in [0, 0.1) is 0 Å². The molecule has 0 bridgehead atoms. The standard InChI is InChI=1S/C11H14N2S/c1-3-4-5-6-11(14-2)10-9-12-7-8-13-10/h4-9H,3H2,1-2H3/b5-4+,11-6-. The highest BCUT2D eigenvalue weighted by atomic mass is 32.2. The second kappa shape index (κ2) is 6.38. The molecule has 0 spiro atoms. The fraction of sp³-hybridized carbons (Fsp3) is 0.273. The van der Waals surface area contributed by atoms with E-state index in [4.69, 9.17) is 0 Å². The van der Waals surface area contributed by atoms with Gasteiger partial charge in [0.05, 0.1) is 11.9 Å². The lowest BCUT2D eigenvalue weighted by Gasteiger charge is -1.99. The summed E-state index contributed by atoms with van der Waals surface area (Å²) in [5.74, 6) is 0. The minimum absolute atomic E-state index is 0.931. The van der Waals surface area contributed by atoms with Crippen molar-refractivity contribution in [3.8, 4) is 0 Å². The Balaban J connectivity index is 2.82. The fourth-order valence-electron chi connectivity index (χ4n) is 0.976. The van der Waals surface area contributed by atoms with E-state index >= 15 is 0 Å². The predicted octanol–water partition coefficient (Wildman–Crippen LogP) is 3.15. The molecule has 1 aromatic heterocycles. The predicted molar refractivity (Wildman–Crippen MR) is 63.0 cm³/mol. The van der Waals surface area contributed by atoms with Crippen LogP contribution in [-0.4, -0.2) is 16.2 Å². The number of nitrogens with zero attached hydrogens (tertiary/aromatic N) is 2. The summed E-state index contributed by atoms with van der Waals surface area (Å²) in [5, 5.41) is 0. The van der Waals surface area contributed by atoms with Gasteiger partial charge in [-0.2, -0.15) is 0 Å². The Labute approximate surface area is 89.2 Å². The molecule has 0 fully saturated rings. The first-order valence-electron chi connectivity index (χ1n) is 4.55. The van der Waals surface area contributed by atoms with Gasteiger partial charge in [-0.05, 0) is 18.8 Å². The summed E-state index contributed by atoms with van der Waals surface area (Å²) in [6.07, 6.45) is 14.5. The average Bonchev–Trinajstić information content (AvgIpc) is 2.26. The van der Waals surface area contributed by atoms with Crippen molar-refractivity contribution in [3.63, 3.8) is 0 Å². The summed E-state index contributed by atoms with van der Waals surface area (Å²) in [7, 11) is 0. The van der Waals surface area contributed by atoms with Crippen LogP contribution in [0.25, 0.3) is 4.91 Å². The number of rotatable bonds is 4. The van der Waals surface area contributed by atoms with Crippen LogP contribution < -0.4 is 0 Å². The SMILES string of the molecule is CC/C=C/C=C(\SC)c1cnccn1. The lowest BCUT2D eigenvalue weighted by molar-refractivity contribution is 1.18. The molecule has 1 heterocycles. The monoisotopic (exact) mass is 206 g/mol. The highest BCUT2D eigenvalue weighted by molar-refractivity contribution is 8.07. The van der Waals surface area contributed by atoms with Crippen LogP contribution in [0.2, 0.25) is 0 Å². The summed E-state index contributed by atoms with van der Waals surface area (Å²) in [5.41, 5.74) is 0.931. The molecule has 0 aliphatic heterocycles. The highest BCUT2D eigenvalue weighted by Gasteiger charge is 1.98. The van der Waals surface area contributed by atoms with E-state index in [0.29, 0.717) is 0 Å². The summed E-state index contributed by atoms with van der Waals surface area (Å²) in [6.45, 7) is 2.12. The Morgan fingerprint density at radius 3 is 2.93 bits per heavy atom. The Hall–Kier alpha value is -1.09. The average molecular weight is 206 g/mol. The van der Waals surface area contributed by atoms with E-state index in [1.54, 1.807) is 30.4 Å². The van der Waals surface area contributed by atoms with Crippen molar-refractivity contribution in [1.29, 1.82) is 0 Å². The smallest absolute Gasteiger partial charge is 0.0948 e. The third-order valence-corrected chi connectivity index (χ3v) is 2.44. The van der Waals surface area contributed by atoms with E-state index in [2.05, 4.69) is 35.1 Å². The number of thioether (sulfide) groups is 1. The van der Waals surface area contributed by atoms with Gasteiger partial charge in [-0.3, -0.25) is 9.97 Å². The van der Waals surface area contributed by atoms with Gasteiger partial charge in [0.15, 0.2) is 0 Å². The normalized spacial score (nSPS) is 12.3. The van der Waals surface area contributed by atoms with E-state index in [1.165, 1.54) is 0 Å². The highest BCUT2D eigenvalue weighted by Crippen LogP contribution is 2.22. The van der Waals surface area contributed by atoms with Crippen molar-refractivity contribution < 1.29 is 0 Å². The molecule has 0 amide bonds. The van der Waals surface area contributed by atoms with Crippen molar-refractivity contribution in [1.82, 2.24) is 9.97 Å². The van der Waals surface area contributed by atoms with Gasteiger partial charge in [0.25, 0.3) is 0 Å². The summed E-state index contributed by atoms with van der Waals surface area (Å²) >= 11 is 1.68. The molecule has 0 atom stereocenters. The molecule has 3 heteroatoms. The topological polar surface area (TPSA) is 25.8 Å². The molecule has 0 radical (unpaired) electrons. The number of hydrogen-bond acceptors (Lipinski definition) is 3. The van der Waals surface area contributed by atoms with E-state index in [0.717, 1.165) is 17.0 Å². The van der Waals surface area contributed by atoms with Gasteiger partial charge in [-0.25, -0.2) is 0 Å². The van der Waals surface area contributed by atoms with Crippen LogP contribution in [0.1, 0.15) is 19.0 Å². The fourth-order valence-corrected chi connectivity index (χ4v) is 1.51. The number of aromatic nitrogens is 2. The van der Waals surface area contributed by atoms with E-state index in [1.807, 2.05) is 6.26 Å². The van der Waals surface area contributed by atoms with E-state index < -0.39 is 0 Å². The maximum Gasteiger partial charge on any atom is 0.0948 e. The van der Waals surface area contributed by atoms with E-state index in [-0.39, 0.29) is 0 Å². The molecule has 0 unspecified atom stereocenters. The van der Waals surface area contributed by atoms with Crippen LogP contribution in [0.4, 0.5) is 0 Å². The van der Waals surface area contributed by atoms with Crippen LogP contribution >= 0.6 is 11.8 Å². The first kappa shape index (κ1) is 11.0. The van der Waals surface area contributed by atoms with Crippen molar-refractivity contribution in [2.45, 2.75) is 13.3 Å². The van der Waals surface area contributed by atoms with Crippen LogP contribution in [0.5, 0.6) is 0 Å². The van der Waals surface area contributed by atoms with Gasteiger partial charge in [-0.15, -0.1) is 11.8 Å². The molecule has 0 saturated carbocycles. The zero-order chi connectivity index (χ0) is 10.2. The summed E-state index contributed by atoms with van der Waals surface area (Å²) in [6, 6.07) is 0. The maximum absolute atomic E-state index is 4.24. The van der Waals surface area contributed by atoms with Crippen LogP contribution in [0.3, 0.4) is 0 Å². The van der Waals surface area contributed by atoms with Crippen LogP contribution in [0.15, 0.2) is 36.8 Å². The molecule has 14 heavy (non-hydrogen) atoms. The second-order valence-electron chi connectivity index (χ2n) is 2.66. The van der Waals surface area contributed by atoms with Gasteiger partial charge >= 0.3 is 0 Å². The molecule has 2 nitrogen and oxygen atoms in total. The third kappa shape index (κ3) is 3.34. The minimum atomic E-state index is 0.931. The summed E-state index contributed by atoms with van der Waals surface area (Å²) < 4.78 is 0. The Morgan fingerprint density at radius 1 is 1.50 bits per heavy atom. The van der Waals surface area contributed by atoms with Crippen molar-refractivity contribution in [2.24, 2.45) is 0 Å². The molecule has 0 aromatic carbocycles. The second-order valence-corrected chi connectivity index (χ2v) is 3.51. The van der Waals surface area contributed by atoms with Crippen molar-refractivity contribution in [3.05, 3.63) is 42.5 Å². The van der Waals surface area contributed by atoms with Gasteiger partial charge in [0, 0.05) is 17.3 Å². The lowest BCUT2D eigenvalue weighted by Crippen LogP contribution is -1.85. The first-order chi connectivity index (χ1) is 6.88. The molecule has 0 aliphatic rings. The molecule has 0 N–H and O–H groups in total. The van der Waals surface area contributed by atoms with Crippen LogP contribution in [-0.2, 0) is 0 Å². The summed E-state index contributed by atoms with van der Waals surface area (Å²) in [4.78, 5) is 9.43. The molecular formula is C11H14N2S. The van der Waals surface area contributed by atoms with E-state index in [9.17, 15) is 0 Å². The van der Waals surface area contributed by atoms with Crippen molar-refractivity contribution >= 4 is 16.7 Å². The molecule has 1 aromatic rings. The molecular weight excluding hydrogens is 192 g/mol. The maximum atomic E-state index is 4.24. The van der Waals surface area contributed by atoms with Gasteiger partial charge in [0.2, 0.25) is 0 Å². The Morgan fingerprint density at radius 2 is 2.36 bits per heavy atom. The molecule has 0 aliphatic carbocycles. The lowest BCUT2D eigenvalue weighted by atomic mass is 10.3. The van der Waals surface area contributed by atoms with Crippen molar-refractivity contribution in [2.75, 3.05) is 6.26 Å². The first-order valence-corrected chi connectivity index (χ1v) is 5.78. The zero-order valence-electron chi connectivity index (χ0n) is 8.47. The number of hydrogen-bond donors (Lipinski definition) is 0. The number of allylic oxidation sites excluding steroid dienone is 3.